The van der Waals surface area contributed by atoms with Gasteiger partial charge in [0.25, 0.3) is 0 Å². The summed E-state index contributed by atoms with van der Waals surface area (Å²) in [7, 11) is -0.220. The first kappa shape index (κ1) is 23.7. The summed E-state index contributed by atoms with van der Waals surface area (Å²) in [5, 5.41) is 8.50. The number of hydrogen-bond donors (Lipinski definition) is 0. The lowest BCUT2D eigenvalue weighted by atomic mass is 10.0. The molecule has 8 nitrogen and oxygen atoms in total. The topological polar surface area (TPSA) is 88.4 Å². The maximum absolute atomic E-state index is 12.4. The quantitative estimate of drug-likeness (QED) is 0.481. The Bertz CT molecular complexity index is 1310. The Kier molecular flexibility index (Phi) is 6.46. The van der Waals surface area contributed by atoms with Gasteiger partial charge in [-0.2, -0.15) is 0 Å². The number of sulfonamides is 1. The van der Waals surface area contributed by atoms with Crippen LogP contribution in [0.4, 0.5) is 0 Å². The Labute approximate surface area is 206 Å². The van der Waals surface area contributed by atoms with Crippen molar-refractivity contribution in [3.8, 4) is 22.5 Å². The van der Waals surface area contributed by atoms with Gasteiger partial charge in [0.2, 0.25) is 15.9 Å². The van der Waals surface area contributed by atoms with Gasteiger partial charge in [0.15, 0.2) is 5.82 Å². The average Bonchev–Trinajstić information content (AvgIpc) is 3.42. The second-order valence-corrected chi connectivity index (χ2v) is 12.0. The lowest BCUT2D eigenvalue weighted by Gasteiger charge is -2.17. The molecule has 0 bridgehead atoms. The fourth-order valence-corrected chi connectivity index (χ4v) is 5.51. The number of rotatable bonds is 8. The summed E-state index contributed by atoms with van der Waals surface area (Å²) >= 11 is 0. The van der Waals surface area contributed by atoms with E-state index >= 15 is 0 Å². The number of amides is 1. The lowest BCUT2D eigenvalue weighted by Crippen LogP contribution is -2.30. The fourth-order valence-electron chi connectivity index (χ4n) is 4.65. The largest absolute Gasteiger partial charge is 0.342 e. The molecule has 2 heterocycles. The molecule has 1 aliphatic carbocycles. The van der Waals surface area contributed by atoms with E-state index in [0.717, 1.165) is 67.0 Å². The molecule has 9 heteroatoms. The lowest BCUT2D eigenvalue weighted by molar-refractivity contribution is -0.131. The highest BCUT2D eigenvalue weighted by Crippen LogP contribution is 2.33. The summed E-state index contributed by atoms with van der Waals surface area (Å²) in [5.41, 5.74) is 3.71. The second kappa shape index (κ2) is 9.54. The number of likely N-dealkylation sites (tertiary alicyclic amines) is 1. The van der Waals surface area contributed by atoms with Gasteiger partial charge in [-0.25, -0.2) is 12.7 Å². The number of benzene rings is 2. The number of aromatic nitrogens is 3. The summed E-state index contributed by atoms with van der Waals surface area (Å²) in [6.07, 6.45) is 4.87. The van der Waals surface area contributed by atoms with E-state index in [1.54, 1.807) is 20.4 Å². The van der Waals surface area contributed by atoms with E-state index in [1.807, 2.05) is 53.4 Å². The molecule has 35 heavy (non-hydrogen) atoms. The van der Waals surface area contributed by atoms with Crippen molar-refractivity contribution in [1.82, 2.24) is 24.0 Å². The molecule has 1 atom stereocenters. The molecule has 1 saturated carbocycles. The van der Waals surface area contributed by atoms with Gasteiger partial charge in [0, 0.05) is 45.2 Å². The van der Waals surface area contributed by atoms with E-state index in [1.165, 1.54) is 4.31 Å². The summed E-state index contributed by atoms with van der Waals surface area (Å²) in [6.45, 7) is 2.45. The number of carbonyl (C=O) groups excluding carboxylic acids is 1. The smallest absolute Gasteiger partial charge is 0.225 e. The molecular formula is C26H31N5O3S. The molecule has 3 aromatic rings. The van der Waals surface area contributed by atoms with Crippen molar-refractivity contribution in [3.05, 3.63) is 60.4 Å². The first-order chi connectivity index (χ1) is 16.8. The van der Waals surface area contributed by atoms with E-state index in [-0.39, 0.29) is 11.7 Å². The highest BCUT2D eigenvalue weighted by atomic mass is 32.2. The van der Waals surface area contributed by atoms with Crippen LogP contribution < -0.4 is 0 Å². The van der Waals surface area contributed by atoms with Gasteiger partial charge < -0.3 is 9.47 Å². The standard InChI is InChI=1S/C26H31N5O3S/c1-29(2)35(33,34)17-19-4-3-5-24(14-19)21-6-8-22(9-7-21)25-28-27-18-31(25)16-20-12-13-30(15-20)26(32)23-10-11-23/h3-9,14,18,20,23H,10-13,15-17H2,1-2H3/t20-/m1/s1. The van der Waals surface area contributed by atoms with E-state index < -0.39 is 10.0 Å². The number of hydrogen-bond acceptors (Lipinski definition) is 5. The zero-order valence-corrected chi connectivity index (χ0v) is 21.0. The second-order valence-electron chi connectivity index (χ2n) is 9.84. The van der Waals surface area contributed by atoms with Crippen LogP contribution in [0.2, 0.25) is 0 Å². The normalized spacial score (nSPS) is 18.4. The Morgan fingerprint density at radius 3 is 2.49 bits per heavy atom. The molecule has 0 spiro atoms. The number of nitrogens with zero attached hydrogens (tertiary/aromatic N) is 5. The van der Waals surface area contributed by atoms with Crippen LogP contribution in [0.1, 0.15) is 24.8 Å². The van der Waals surface area contributed by atoms with Crippen LogP contribution in [0.25, 0.3) is 22.5 Å². The van der Waals surface area contributed by atoms with Crippen LogP contribution in [-0.2, 0) is 27.1 Å². The van der Waals surface area contributed by atoms with Gasteiger partial charge in [-0.15, -0.1) is 10.2 Å². The van der Waals surface area contributed by atoms with Crippen LogP contribution in [0.15, 0.2) is 54.9 Å². The highest BCUT2D eigenvalue weighted by molar-refractivity contribution is 7.88. The third-order valence-corrected chi connectivity index (χ3v) is 8.71. The van der Waals surface area contributed by atoms with E-state index in [4.69, 9.17) is 0 Å². The monoisotopic (exact) mass is 493 g/mol. The minimum atomic E-state index is -3.32. The summed E-state index contributed by atoms with van der Waals surface area (Å²) in [6, 6.07) is 15.7. The van der Waals surface area contributed by atoms with Crippen molar-refractivity contribution < 1.29 is 13.2 Å². The molecule has 0 N–H and O–H groups in total. The van der Waals surface area contributed by atoms with Crippen LogP contribution in [0.3, 0.4) is 0 Å². The first-order valence-corrected chi connectivity index (χ1v) is 13.7. The SMILES string of the molecule is CN(C)S(=O)(=O)Cc1cccc(-c2ccc(-c3nncn3C[C@@H]3CCN(C(=O)C4CC4)C3)cc2)c1. The van der Waals surface area contributed by atoms with Gasteiger partial charge in [-0.1, -0.05) is 48.5 Å². The molecule has 2 fully saturated rings. The molecule has 1 aromatic heterocycles. The molecule has 0 unspecified atom stereocenters. The zero-order chi connectivity index (χ0) is 24.6. The molecule has 2 aliphatic rings. The van der Waals surface area contributed by atoms with Gasteiger partial charge in [0.05, 0.1) is 5.75 Å². The van der Waals surface area contributed by atoms with Gasteiger partial charge in [-0.05, 0) is 41.9 Å². The number of carbonyl (C=O) groups is 1. The van der Waals surface area contributed by atoms with E-state index in [9.17, 15) is 13.2 Å². The van der Waals surface area contributed by atoms with Crippen molar-refractivity contribution in [2.75, 3.05) is 27.2 Å². The maximum atomic E-state index is 12.4. The summed E-state index contributed by atoms with van der Waals surface area (Å²) in [5.74, 6) is 1.80. The van der Waals surface area contributed by atoms with Gasteiger partial charge in [-0.3, -0.25) is 4.79 Å². The van der Waals surface area contributed by atoms with E-state index in [2.05, 4.69) is 14.8 Å². The summed E-state index contributed by atoms with van der Waals surface area (Å²) < 4.78 is 27.8. The molecule has 5 rings (SSSR count). The average molecular weight is 494 g/mol. The van der Waals surface area contributed by atoms with Crippen LogP contribution in [-0.4, -0.2) is 65.5 Å². The van der Waals surface area contributed by atoms with Crippen molar-refractivity contribution in [1.29, 1.82) is 0 Å². The van der Waals surface area contributed by atoms with Crippen LogP contribution >= 0.6 is 0 Å². The third kappa shape index (κ3) is 5.31. The van der Waals surface area contributed by atoms with Gasteiger partial charge in [0.1, 0.15) is 6.33 Å². The highest BCUT2D eigenvalue weighted by Gasteiger charge is 2.36. The molecule has 184 valence electrons. The predicted octanol–water partition coefficient (Wildman–Crippen LogP) is 3.26. The molecule has 1 amide bonds. The van der Waals surface area contributed by atoms with Crippen molar-refractivity contribution >= 4 is 15.9 Å². The molecule has 1 saturated heterocycles. The van der Waals surface area contributed by atoms with Crippen LogP contribution in [0.5, 0.6) is 0 Å². The van der Waals surface area contributed by atoms with Gasteiger partial charge >= 0.3 is 0 Å². The predicted molar refractivity (Wildman–Crippen MR) is 135 cm³/mol. The summed E-state index contributed by atoms with van der Waals surface area (Å²) in [4.78, 5) is 14.4. The molecule has 0 radical (unpaired) electrons. The third-order valence-electron chi connectivity index (χ3n) is 6.90. The van der Waals surface area contributed by atoms with E-state index in [0.29, 0.717) is 11.8 Å². The minimum Gasteiger partial charge on any atom is -0.342 e. The molecule has 2 aromatic carbocycles. The Morgan fingerprint density at radius 2 is 1.77 bits per heavy atom. The minimum absolute atomic E-state index is 0.0279. The van der Waals surface area contributed by atoms with Crippen LogP contribution in [0, 0.1) is 11.8 Å². The van der Waals surface area contributed by atoms with Crippen molar-refractivity contribution in [2.24, 2.45) is 11.8 Å². The van der Waals surface area contributed by atoms with Crippen molar-refractivity contribution in [2.45, 2.75) is 31.6 Å². The fraction of sp³-hybridized carbons (Fsp3) is 0.423. The Hall–Kier alpha value is -3.04. The molecular weight excluding hydrogens is 462 g/mol. The first-order valence-electron chi connectivity index (χ1n) is 12.1. The zero-order valence-electron chi connectivity index (χ0n) is 20.2. The maximum Gasteiger partial charge on any atom is 0.225 e. The molecule has 1 aliphatic heterocycles. The Morgan fingerprint density at radius 1 is 1.03 bits per heavy atom. The van der Waals surface area contributed by atoms with Crippen molar-refractivity contribution in [3.63, 3.8) is 0 Å². The Balaban J connectivity index is 1.28.